The van der Waals surface area contributed by atoms with Crippen molar-refractivity contribution in [3.8, 4) is 0 Å². The third kappa shape index (κ3) is 3.14. The number of guanidine groups is 1. The molecule has 0 aromatic rings. The summed E-state index contributed by atoms with van der Waals surface area (Å²) in [5.74, 6) is 1.40. The van der Waals surface area contributed by atoms with Gasteiger partial charge in [0, 0.05) is 14.2 Å². The first-order chi connectivity index (χ1) is 8.86. The standard InChI is InChI=1S/C13H26N3O2/c1-17-11-9-15-7-8-16(10-12-18-2)13(15)14-5-3-4-6-14/h3-12H2,1-2H3/q+1. The SMILES string of the molecule is COCCN1CCN(CCOC)C1=[N+]1CCCC1. The molecule has 0 N–H and O–H groups in total. The summed E-state index contributed by atoms with van der Waals surface area (Å²) in [6, 6.07) is 0. The number of hydrogen-bond donors (Lipinski definition) is 0. The molecular weight excluding hydrogens is 230 g/mol. The zero-order chi connectivity index (χ0) is 12.8. The van der Waals surface area contributed by atoms with Gasteiger partial charge in [0.15, 0.2) is 0 Å². The molecule has 104 valence electrons. The monoisotopic (exact) mass is 256 g/mol. The molecule has 0 bridgehead atoms. The Labute approximate surface area is 110 Å². The van der Waals surface area contributed by atoms with Gasteiger partial charge in [0.2, 0.25) is 0 Å². The zero-order valence-electron chi connectivity index (χ0n) is 11.7. The minimum atomic E-state index is 0.801. The zero-order valence-corrected chi connectivity index (χ0v) is 11.7. The average Bonchev–Trinajstić information content (AvgIpc) is 3.02. The van der Waals surface area contributed by atoms with Gasteiger partial charge in [-0.3, -0.25) is 14.4 Å². The lowest BCUT2D eigenvalue weighted by molar-refractivity contribution is -0.515. The van der Waals surface area contributed by atoms with Crippen LogP contribution in [0.25, 0.3) is 0 Å². The van der Waals surface area contributed by atoms with E-state index in [4.69, 9.17) is 9.47 Å². The van der Waals surface area contributed by atoms with E-state index in [0.29, 0.717) is 0 Å². The van der Waals surface area contributed by atoms with Crippen molar-refractivity contribution in [2.24, 2.45) is 0 Å². The molecule has 0 saturated carbocycles. The van der Waals surface area contributed by atoms with Crippen LogP contribution in [0.3, 0.4) is 0 Å². The first kappa shape index (κ1) is 13.6. The molecule has 0 spiro atoms. The van der Waals surface area contributed by atoms with Gasteiger partial charge in [0.25, 0.3) is 0 Å². The van der Waals surface area contributed by atoms with E-state index >= 15 is 0 Å². The summed E-state index contributed by atoms with van der Waals surface area (Å²) in [4.78, 5) is 4.93. The Morgan fingerprint density at radius 2 is 1.44 bits per heavy atom. The molecule has 0 amide bonds. The highest BCUT2D eigenvalue weighted by Gasteiger charge is 2.36. The van der Waals surface area contributed by atoms with Crippen molar-refractivity contribution >= 4 is 5.96 Å². The largest absolute Gasteiger partial charge is 0.381 e. The summed E-state index contributed by atoms with van der Waals surface area (Å²) in [5.41, 5.74) is 0. The maximum atomic E-state index is 5.21. The summed E-state index contributed by atoms with van der Waals surface area (Å²) in [5, 5.41) is 0. The third-order valence-electron chi connectivity index (χ3n) is 3.73. The van der Waals surface area contributed by atoms with Crippen molar-refractivity contribution in [2.45, 2.75) is 12.8 Å². The van der Waals surface area contributed by atoms with Crippen LogP contribution in [0, 0.1) is 0 Å². The Morgan fingerprint density at radius 1 is 0.944 bits per heavy atom. The topological polar surface area (TPSA) is 28.0 Å². The fourth-order valence-corrected chi connectivity index (χ4v) is 2.79. The lowest BCUT2D eigenvalue weighted by atomic mass is 10.4. The van der Waals surface area contributed by atoms with Crippen molar-refractivity contribution in [1.82, 2.24) is 9.80 Å². The van der Waals surface area contributed by atoms with Crippen LogP contribution in [0.1, 0.15) is 12.8 Å². The Kier molecular flexibility index (Phi) is 5.26. The van der Waals surface area contributed by atoms with E-state index in [0.717, 1.165) is 39.4 Å². The molecule has 5 nitrogen and oxygen atoms in total. The van der Waals surface area contributed by atoms with Gasteiger partial charge < -0.3 is 9.47 Å². The molecule has 2 rings (SSSR count). The molecule has 2 aliphatic heterocycles. The number of rotatable bonds is 6. The molecule has 2 heterocycles. The molecule has 5 heteroatoms. The highest BCUT2D eigenvalue weighted by Crippen LogP contribution is 2.12. The molecule has 0 aliphatic carbocycles. The van der Waals surface area contributed by atoms with Crippen LogP contribution in [-0.4, -0.2) is 87.0 Å². The van der Waals surface area contributed by atoms with Crippen LogP contribution in [0.15, 0.2) is 0 Å². The minimum absolute atomic E-state index is 0.801. The Hall–Kier alpha value is -0.810. The third-order valence-corrected chi connectivity index (χ3v) is 3.73. The summed E-state index contributed by atoms with van der Waals surface area (Å²) < 4.78 is 13.0. The first-order valence-electron chi connectivity index (χ1n) is 6.96. The van der Waals surface area contributed by atoms with Crippen molar-refractivity contribution in [3.63, 3.8) is 0 Å². The molecular formula is C13H26N3O2+. The highest BCUT2D eigenvalue weighted by atomic mass is 16.5. The number of methoxy groups -OCH3 is 2. The molecule has 2 saturated heterocycles. The molecule has 2 aliphatic rings. The second kappa shape index (κ2) is 6.95. The molecule has 0 aromatic heterocycles. The normalized spacial score (nSPS) is 20.3. The van der Waals surface area contributed by atoms with Crippen molar-refractivity contribution in [2.75, 3.05) is 66.7 Å². The second-order valence-electron chi connectivity index (χ2n) is 4.95. The van der Waals surface area contributed by atoms with E-state index < -0.39 is 0 Å². The Morgan fingerprint density at radius 3 is 1.89 bits per heavy atom. The summed E-state index contributed by atoms with van der Waals surface area (Å²) >= 11 is 0. The van der Waals surface area contributed by atoms with E-state index in [9.17, 15) is 0 Å². The summed E-state index contributed by atoms with van der Waals surface area (Å²) in [6.45, 7) is 8.20. The average molecular weight is 256 g/mol. The van der Waals surface area contributed by atoms with Crippen LogP contribution >= 0.6 is 0 Å². The lowest BCUT2D eigenvalue weighted by Gasteiger charge is -2.19. The first-order valence-corrected chi connectivity index (χ1v) is 6.96. The smallest absolute Gasteiger partial charge is 0.350 e. The minimum Gasteiger partial charge on any atom is -0.381 e. The molecule has 0 aromatic carbocycles. The molecule has 18 heavy (non-hydrogen) atoms. The van der Waals surface area contributed by atoms with Gasteiger partial charge in [0.1, 0.15) is 0 Å². The lowest BCUT2D eigenvalue weighted by Crippen LogP contribution is -2.43. The van der Waals surface area contributed by atoms with Crippen LogP contribution in [-0.2, 0) is 9.47 Å². The molecule has 0 radical (unpaired) electrons. The van der Waals surface area contributed by atoms with Gasteiger partial charge >= 0.3 is 5.96 Å². The van der Waals surface area contributed by atoms with Crippen molar-refractivity contribution in [3.05, 3.63) is 0 Å². The highest BCUT2D eigenvalue weighted by molar-refractivity contribution is 5.77. The molecule has 2 fully saturated rings. The van der Waals surface area contributed by atoms with Gasteiger partial charge in [0.05, 0.1) is 52.5 Å². The maximum Gasteiger partial charge on any atom is 0.350 e. The summed E-state index contributed by atoms with van der Waals surface area (Å²) in [7, 11) is 3.54. The van der Waals surface area contributed by atoms with Crippen LogP contribution in [0.2, 0.25) is 0 Å². The molecule has 0 unspecified atom stereocenters. The van der Waals surface area contributed by atoms with Gasteiger partial charge in [-0.1, -0.05) is 0 Å². The van der Waals surface area contributed by atoms with E-state index in [-0.39, 0.29) is 0 Å². The quantitative estimate of drug-likeness (QED) is 0.628. The summed E-state index contributed by atoms with van der Waals surface area (Å²) in [6.07, 6.45) is 2.64. The van der Waals surface area contributed by atoms with Gasteiger partial charge in [-0.05, 0) is 12.8 Å². The van der Waals surface area contributed by atoms with Crippen molar-refractivity contribution in [1.29, 1.82) is 0 Å². The van der Waals surface area contributed by atoms with E-state index in [1.165, 1.54) is 31.9 Å². The second-order valence-corrected chi connectivity index (χ2v) is 4.95. The van der Waals surface area contributed by atoms with E-state index in [2.05, 4.69) is 14.4 Å². The van der Waals surface area contributed by atoms with Crippen LogP contribution < -0.4 is 0 Å². The van der Waals surface area contributed by atoms with Crippen molar-refractivity contribution < 1.29 is 14.0 Å². The predicted molar refractivity (Wildman–Crippen MR) is 71.1 cm³/mol. The molecule has 0 atom stereocenters. The van der Waals surface area contributed by atoms with Gasteiger partial charge in [-0.2, -0.15) is 0 Å². The van der Waals surface area contributed by atoms with Gasteiger partial charge in [-0.15, -0.1) is 0 Å². The number of hydrogen-bond acceptors (Lipinski definition) is 2. The number of nitrogens with zero attached hydrogens (tertiary/aromatic N) is 3. The Balaban J connectivity index is 2.05. The van der Waals surface area contributed by atoms with E-state index in [1.54, 1.807) is 14.2 Å². The van der Waals surface area contributed by atoms with Crippen LogP contribution in [0.4, 0.5) is 0 Å². The van der Waals surface area contributed by atoms with Gasteiger partial charge in [-0.25, -0.2) is 0 Å². The van der Waals surface area contributed by atoms with E-state index in [1.807, 2.05) is 0 Å². The fourth-order valence-electron chi connectivity index (χ4n) is 2.79. The maximum absolute atomic E-state index is 5.21. The fraction of sp³-hybridized carbons (Fsp3) is 0.923. The Bertz CT molecular complexity index is 268. The number of ether oxygens (including phenoxy) is 2. The van der Waals surface area contributed by atoms with Crippen LogP contribution in [0.5, 0.6) is 0 Å². The predicted octanol–water partition coefficient (Wildman–Crippen LogP) is 0.0591.